The van der Waals surface area contributed by atoms with Gasteiger partial charge in [0.1, 0.15) is 18.2 Å². The lowest BCUT2D eigenvalue weighted by Gasteiger charge is -2.09. The lowest BCUT2D eigenvalue weighted by Crippen LogP contribution is -2.04. The van der Waals surface area contributed by atoms with Crippen molar-refractivity contribution in [3.05, 3.63) is 47.8 Å². The molecule has 0 fully saturated rings. The van der Waals surface area contributed by atoms with Gasteiger partial charge in [-0.05, 0) is 26.0 Å². The third-order valence-electron chi connectivity index (χ3n) is 2.85. The fourth-order valence-electron chi connectivity index (χ4n) is 1.78. The minimum absolute atomic E-state index is 0.0750. The van der Waals surface area contributed by atoms with Crippen molar-refractivity contribution < 1.29 is 13.9 Å². The van der Waals surface area contributed by atoms with Crippen LogP contribution in [-0.4, -0.2) is 15.3 Å². The summed E-state index contributed by atoms with van der Waals surface area (Å²) in [5.74, 6) is -0.464. The Morgan fingerprint density at radius 3 is 2.89 bits per heavy atom. The summed E-state index contributed by atoms with van der Waals surface area (Å²) in [5.41, 5.74) is 0.990. The van der Waals surface area contributed by atoms with E-state index in [9.17, 15) is 9.18 Å². The van der Waals surface area contributed by atoms with Gasteiger partial charge in [0.25, 0.3) is 0 Å². The van der Waals surface area contributed by atoms with Gasteiger partial charge in [-0.25, -0.2) is 9.37 Å². The number of benzene rings is 1. The largest absolute Gasteiger partial charge is 0.487 e. The number of carbonyl (C=O) groups excluding carboxylic acids is 1. The number of nitrogens with zero attached hydrogens (tertiary/aromatic N) is 2. The molecular weight excluding hydrogens is 247 g/mol. The fraction of sp³-hybridized carbons (Fsp3) is 0.286. The lowest BCUT2D eigenvalue weighted by molar-refractivity contribution is 0.101. The first-order chi connectivity index (χ1) is 9.11. The predicted molar refractivity (Wildman–Crippen MR) is 68.6 cm³/mol. The molecule has 0 aliphatic carbocycles. The summed E-state index contributed by atoms with van der Waals surface area (Å²) in [6.45, 7) is 4.45. The SMILES string of the molecule is CCn1cncc1COc1ccc(C(C)=O)c(F)c1. The van der Waals surface area contributed by atoms with Crippen molar-refractivity contribution in [2.75, 3.05) is 0 Å². The van der Waals surface area contributed by atoms with Gasteiger partial charge in [0, 0.05) is 12.6 Å². The lowest BCUT2D eigenvalue weighted by atomic mass is 10.1. The van der Waals surface area contributed by atoms with E-state index in [0.29, 0.717) is 12.4 Å². The van der Waals surface area contributed by atoms with Gasteiger partial charge in [-0.15, -0.1) is 0 Å². The summed E-state index contributed by atoms with van der Waals surface area (Å²) < 4.78 is 21.0. The van der Waals surface area contributed by atoms with Gasteiger partial charge in [-0.2, -0.15) is 0 Å². The molecule has 0 amide bonds. The van der Waals surface area contributed by atoms with Gasteiger partial charge in [-0.3, -0.25) is 4.79 Å². The van der Waals surface area contributed by atoms with Crippen molar-refractivity contribution in [1.29, 1.82) is 0 Å². The second kappa shape index (κ2) is 5.65. The maximum Gasteiger partial charge on any atom is 0.162 e. The summed E-state index contributed by atoms with van der Waals surface area (Å²) in [7, 11) is 0. The van der Waals surface area contributed by atoms with E-state index in [0.717, 1.165) is 12.2 Å². The molecule has 0 saturated heterocycles. The minimum atomic E-state index is -0.561. The summed E-state index contributed by atoms with van der Waals surface area (Å²) >= 11 is 0. The molecule has 0 unspecified atom stereocenters. The fourth-order valence-corrected chi connectivity index (χ4v) is 1.78. The van der Waals surface area contributed by atoms with E-state index < -0.39 is 5.82 Å². The van der Waals surface area contributed by atoms with Gasteiger partial charge in [-0.1, -0.05) is 0 Å². The van der Waals surface area contributed by atoms with Crippen LogP contribution in [0.3, 0.4) is 0 Å². The quantitative estimate of drug-likeness (QED) is 0.778. The zero-order valence-corrected chi connectivity index (χ0v) is 10.9. The monoisotopic (exact) mass is 262 g/mol. The van der Waals surface area contributed by atoms with Crippen LogP contribution < -0.4 is 4.74 Å². The van der Waals surface area contributed by atoms with Gasteiger partial charge in [0.15, 0.2) is 5.78 Å². The average Bonchev–Trinajstić information content (AvgIpc) is 2.83. The maximum atomic E-state index is 13.6. The van der Waals surface area contributed by atoms with Crippen LogP contribution in [0.15, 0.2) is 30.7 Å². The Morgan fingerprint density at radius 2 is 2.26 bits per heavy atom. The third-order valence-corrected chi connectivity index (χ3v) is 2.85. The van der Waals surface area contributed by atoms with Crippen LogP contribution in [0.5, 0.6) is 5.75 Å². The second-order valence-corrected chi connectivity index (χ2v) is 4.16. The van der Waals surface area contributed by atoms with E-state index in [1.54, 1.807) is 18.6 Å². The smallest absolute Gasteiger partial charge is 0.162 e. The highest BCUT2D eigenvalue weighted by Crippen LogP contribution is 2.18. The van der Waals surface area contributed by atoms with Crippen molar-refractivity contribution in [1.82, 2.24) is 9.55 Å². The average molecular weight is 262 g/mol. The van der Waals surface area contributed by atoms with Crippen LogP contribution >= 0.6 is 0 Å². The molecule has 0 aliphatic rings. The number of Topliss-reactive ketones (excluding diaryl/α,β-unsaturated/α-hetero) is 1. The van der Waals surface area contributed by atoms with Crippen LogP contribution in [0.2, 0.25) is 0 Å². The van der Waals surface area contributed by atoms with Crippen LogP contribution in [-0.2, 0) is 13.2 Å². The highest BCUT2D eigenvalue weighted by Gasteiger charge is 2.09. The highest BCUT2D eigenvalue weighted by molar-refractivity contribution is 5.94. The molecular formula is C14H15FN2O2. The Morgan fingerprint density at radius 1 is 1.47 bits per heavy atom. The van der Waals surface area contributed by atoms with Crippen molar-refractivity contribution >= 4 is 5.78 Å². The Balaban J connectivity index is 2.08. The standard InChI is InChI=1S/C14H15FN2O2/c1-3-17-9-16-7-11(17)8-19-12-4-5-13(10(2)18)14(15)6-12/h4-7,9H,3,8H2,1-2H3. The van der Waals surface area contributed by atoms with E-state index in [1.165, 1.54) is 19.1 Å². The van der Waals surface area contributed by atoms with Crippen LogP contribution in [0.4, 0.5) is 4.39 Å². The van der Waals surface area contributed by atoms with Crippen molar-refractivity contribution in [3.8, 4) is 5.75 Å². The molecule has 0 aliphatic heterocycles. The maximum absolute atomic E-state index is 13.6. The Kier molecular flexibility index (Phi) is 3.94. The van der Waals surface area contributed by atoms with E-state index in [2.05, 4.69) is 4.98 Å². The van der Waals surface area contributed by atoms with Crippen molar-refractivity contribution in [3.63, 3.8) is 0 Å². The molecule has 2 aromatic rings. The summed E-state index contributed by atoms with van der Waals surface area (Å²) in [5, 5.41) is 0. The molecule has 5 heteroatoms. The number of rotatable bonds is 5. The van der Waals surface area contributed by atoms with Gasteiger partial charge < -0.3 is 9.30 Å². The molecule has 0 radical (unpaired) electrons. The molecule has 4 nitrogen and oxygen atoms in total. The molecule has 19 heavy (non-hydrogen) atoms. The molecule has 0 atom stereocenters. The summed E-state index contributed by atoms with van der Waals surface area (Å²) in [6.07, 6.45) is 3.43. The minimum Gasteiger partial charge on any atom is -0.487 e. The molecule has 0 bridgehead atoms. The number of imidazole rings is 1. The van der Waals surface area contributed by atoms with Crippen molar-refractivity contribution in [2.45, 2.75) is 27.0 Å². The highest BCUT2D eigenvalue weighted by atomic mass is 19.1. The number of aryl methyl sites for hydroxylation is 1. The predicted octanol–water partition coefficient (Wildman–Crippen LogP) is 2.82. The summed E-state index contributed by atoms with van der Waals surface area (Å²) in [4.78, 5) is 15.1. The van der Waals surface area contributed by atoms with E-state index in [1.807, 2.05) is 11.5 Å². The molecule has 0 spiro atoms. The zero-order valence-electron chi connectivity index (χ0n) is 10.9. The topological polar surface area (TPSA) is 44.1 Å². The van der Waals surface area contributed by atoms with Gasteiger partial charge in [0.2, 0.25) is 0 Å². The third kappa shape index (κ3) is 2.99. The number of hydrogen-bond donors (Lipinski definition) is 0. The zero-order chi connectivity index (χ0) is 13.8. The molecule has 1 aromatic carbocycles. The number of carbonyl (C=O) groups is 1. The molecule has 0 saturated carbocycles. The van der Waals surface area contributed by atoms with Crippen LogP contribution in [0.25, 0.3) is 0 Å². The molecule has 0 N–H and O–H groups in total. The number of aromatic nitrogens is 2. The summed E-state index contributed by atoms with van der Waals surface area (Å²) in [6, 6.07) is 4.25. The van der Waals surface area contributed by atoms with Crippen LogP contribution in [0, 0.1) is 5.82 Å². The Labute approximate surface area is 110 Å². The van der Waals surface area contributed by atoms with Gasteiger partial charge in [0.05, 0.1) is 23.8 Å². The number of ketones is 1. The number of ether oxygens (including phenoxy) is 1. The Hall–Kier alpha value is -2.17. The van der Waals surface area contributed by atoms with E-state index >= 15 is 0 Å². The first kappa shape index (κ1) is 13.3. The van der Waals surface area contributed by atoms with Crippen molar-refractivity contribution in [2.24, 2.45) is 0 Å². The van der Waals surface area contributed by atoms with Gasteiger partial charge >= 0.3 is 0 Å². The molecule has 2 rings (SSSR count). The Bertz CT molecular complexity index is 593. The molecule has 1 aromatic heterocycles. The van der Waals surface area contributed by atoms with Crippen LogP contribution in [0.1, 0.15) is 29.9 Å². The normalized spacial score (nSPS) is 10.5. The number of hydrogen-bond acceptors (Lipinski definition) is 3. The molecule has 100 valence electrons. The number of halogens is 1. The first-order valence-corrected chi connectivity index (χ1v) is 6.04. The second-order valence-electron chi connectivity index (χ2n) is 4.16. The van der Waals surface area contributed by atoms with E-state index in [4.69, 9.17) is 4.74 Å². The first-order valence-electron chi connectivity index (χ1n) is 6.04. The molecule has 1 heterocycles. The van der Waals surface area contributed by atoms with E-state index in [-0.39, 0.29) is 11.3 Å².